The first-order chi connectivity index (χ1) is 17.3. The average molecular weight is 552 g/mol. The third-order valence-electron chi connectivity index (χ3n) is 6.73. The van der Waals surface area contributed by atoms with Crippen molar-refractivity contribution >= 4 is 39.1 Å². The highest BCUT2D eigenvalue weighted by Crippen LogP contribution is 2.36. The van der Waals surface area contributed by atoms with E-state index >= 15 is 0 Å². The first-order valence-electron chi connectivity index (χ1n) is 11.7. The van der Waals surface area contributed by atoms with E-state index in [1.165, 1.54) is 10.4 Å². The second-order valence-corrected chi connectivity index (χ2v) is 11.9. The molecule has 1 atom stereocenters. The third kappa shape index (κ3) is 4.95. The monoisotopic (exact) mass is 551 g/mol. The molecule has 3 aliphatic heterocycles. The van der Waals surface area contributed by atoms with E-state index in [1.54, 1.807) is 35.2 Å². The highest BCUT2D eigenvalue weighted by molar-refractivity contribution is 7.89. The molecule has 36 heavy (non-hydrogen) atoms. The van der Waals surface area contributed by atoms with Crippen LogP contribution < -0.4 is 14.8 Å². The summed E-state index contributed by atoms with van der Waals surface area (Å²) in [6, 6.07) is 9.93. The summed E-state index contributed by atoms with van der Waals surface area (Å²) in [6.07, 6.45) is 0.621. The molecule has 0 radical (unpaired) electrons. The Bertz CT molecular complexity index is 1290. The van der Waals surface area contributed by atoms with Gasteiger partial charge in [0.25, 0.3) is 0 Å². The summed E-state index contributed by atoms with van der Waals surface area (Å²) in [5.74, 6) is 0.670. The molecule has 0 saturated carbocycles. The summed E-state index contributed by atoms with van der Waals surface area (Å²) in [4.78, 5) is 15.3. The van der Waals surface area contributed by atoms with E-state index in [9.17, 15) is 13.2 Å². The highest BCUT2D eigenvalue weighted by Gasteiger charge is 2.39. The molecule has 2 aromatic rings. The van der Waals surface area contributed by atoms with Gasteiger partial charge >= 0.3 is 0 Å². The number of halogens is 2. The first kappa shape index (κ1) is 25.4. The number of benzene rings is 2. The Kier molecular flexibility index (Phi) is 7.20. The van der Waals surface area contributed by atoms with E-state index in [1.807, 2.05) is 7.05 Å². The van der Waals surface area contributed by atoms with Crippen LogP contribution in [0.1, 0.15) is 17.9 Å². The summed E-state index contributed by atoms with van der Waals surface area (Å²) in [5.41, 5.74) is 2.99. The summed E-state index contributed by atoms with van der Waals surface area (Å²) in [6.45, 7) is 3.21. The van der Waals surface area contributed by atoms with Gasteiger partial charge in [-0.25, -0.2) is 8.42 Å². The van der Waals surface area contributed by atoms with Crippen LogP contribution in [-0.2, 0) is 14.8 Å². The largest absolute Gasteiger partial charge is 0.486 e. The number of carbonyl (C=O) groups excluding carboxylic acids is 1. The fraction of sp³-hybridized carbons (Fsp3) is 0.400. The summed E-state index contributed by atoms with van der Waals surface area (Å²) >= 11 is 12.4. The van der Waals surface area contributed by atoms with Gasteiger partial charge in [-0.15, -0.1) is 0 Å². The Morgan fingerprint density at radius 1 is 0.972 bits per heavy atom. The van der Waals surface area contributed by atoms with Crippen molar-refractivity contribution < 1.29 is 22.7 Å². The Morgan fingerprint density at radius 3 is 2.28 bits per heavy atom. The lowest BCUT2D eigenvalue weighted by atomic mass is 9.90. The number of hydrogen-bond acceptors (Lipinski definition) is 6. The molecular formula is C25H27Cl2N3O5S. The predicted molar refractivity (Wildman–Crippen MR) is 138 cm³/mol. The number of nitrogens with one attached hydrogen (secondary N) is 1. The zero-order chi connectivity index (χ0) is 25.4. The van der Waals surface area contributed by atoms with Crippen LogP contribution in [0.2, 0.25) is 10.0 Å². The van der Waals surface area contributed by atoms with Crippen LogP contribution in [0.4, 0.5) is 0 Å². The molecule has 11 heteroatoms. The molecule has 5 rings (SSSR count). The Balaban J connectivity index is 1.23. The topological polar surface area (TPSA) is 88.2 Å². The minimum Gasteiger partial charge on any atom is -0.486 e. The van der Waals surface area contributed by atoms with E-state index < -0.39 is 10.0 Å². The molecule has 0 aromatic heterocycles. The van der Waals surface area contributed by atoms with Gasteiger partial charge in [0.15, 0.2) is 11.5 Å². The highest BCUT2D eigenvalue weighted by atomic mass is 35.5. The van der Waals surface area contributed by atoms with Crippen LogP contribution in [0.15, 0.2) is 52.4 Å². The number of amides is 1. The normalized spacial score (nSPS) is 18.5. The summed E-state index contributed by atoms with van der Waals surface area (Å²) in [5, 5.41) is 4.10. The molecule has 1 N–H and O–H groups in total. The van der Waals surface area contributed by atoms with Crippen molar-refractivity contribution in [3.63, 3.8) is 0 Å². The van der Waals surface area contributed by atoms with Crippen LogP contribution in [0.5, 0.6) is 11.5 Å². The maximum Gasteiger partial charge on any atom is 0.243 e. The van der Waals surface area contributed by atoms with Crippen molar-refractivity contribution in [1.29, 1.82) is 0 Å². The van der Waals surface area contributed by atoms with Crippen molar-refractivity contribution in [3.05, 3.63) is 63.2 Å². The lowest BCUT2D eigenvalue weighted by Crippen LogP contribution is -2.52. The third-order valence-corrected chi connectivity index (χ3v) is 8.95. The van der Waals surface area contributed by atoms with Crippen LogP contribution in [0.25, 0.3) is 0 Å². The smallest absolute Gasteiger partial charge is 0.243 e. The van der Waals surface area contributed by atoms with Crippen molar-refractivity contribution in [2.75, 3.05) is 53.0 Å². The zero-order valence-electron chi connectivity index (χ0n) is 19.8. The minimum atomic E-state index is -3.63. The average Bonchev–Trinajstić information content (AvgIpc) is 2.78. The molecule has 1 amide bonds. The molecule has 3 heterocycles. The van der Waals surface area contributed by atoms with Crippen LogP contribution >= 0.6 is 23.2 Å². The van der Waals surface area contributed by atoms with Gasteiger partial charge < -0.3 is 19.7 Å². The fourth-order valence-corrected chi connectivity index (χ4v) is 6.61. The summed E-state index contributed by atoms with van der Waals surface area (Å²) in [7, 11) is -1.79. The van der Waals surface area contributed by atoms with E-state index in [-0.39, 0.29) is 16.7 Å². The van der Waals surface area contributed by atoms with Crippen LogP contribution in [-0.4, -0.2) is 76.5 Å². The molecule has 2 fully saturated rings. The SMILES string of the molecule is CNCCC(C(=O)N1CC(=C2CN(S(=O)(=O)c3ccc4c(c3)OCCO4)C2)C1)c1cc(Cl)cc(Cl)c1. The standard InChI is InChI=1S/C25H27Cl2N3O5S/c1-28-5-4-22(16-8-19(26)10-20(27)9-16)25(31)29-12-17(13-29)18-14-30(15-18)36(32,33)21-2-3-23-24(11-21)35-7-6-34-23/h2-3,8-11,22,28H,4-7,12-15H2,1H3. The number of likely N-dealkylation sites (tertiary alicyclic amines) is 1. The molecule has 2 saturated heterocycles. The van der Waals surface area contributed by atoms with Gasteiger partial charge in [0.1, 0.15) is 13.2 Å². The van der Waals surface area contributed by atoms with Gasteiger partial charge in [0.2, 0.25) is 15.9 Å². The molecule has 3 aliphatic rings. The van der Waals surface area contributed by atoms with Crippen molar-refractivity contribution in [2.24, 2.45) is 0 Å². The molecule has 0 spiro atoms. The van der Waals surface area contributed by atoms with Crippen LogP contribution in [0, 0.1) is 0 Å². The van der Waals surface area contributed by atoms with Gasteiger partial charge in [-0.1, -0.05) is 23.2 Å². The Labute approximate surface area is 220 Å². The molecule has 0 bridgehead atoms. The molecule has 0 aliphatic carbocycles. The summed E-state index contributed by atoms with van der Waals surface area (Å²) < 4.78 is 38.6. The van der Waals surface area contributed by atoms with E-state index in [0.29, 0.717) is 73.9 Å². The predicted octanol–water partition coefficient (Wildman–Crippen LogP) is 3.30. The van der Waals surface area contributed by atoms with Crippen LogP contribution in [0.3, 0.4) is 0 Å². The van der Waals surface area contributed by atoms with Gasteiger partial charge in [-0.2, -0.15) is 4.31 Å². The number of sulfonamides is 1. The Morgan fingerprint density at radius 2 is 1.61 bits per heavy atom. The fourth-order valence-electron chi connectivity index (χ4n) is 4.62. The maximum atomic E-state index is 13.3. The molecule has 1 unspecified atom stereocenters. The van der Waals surface area contributed by atoms with Gasteiger partial charge in [-0.3, -0.25) is 4.79 Å². The maximum absolute atomic E-state index is 13.3. The second-order valence-electron chi connectivity index (χ2n) is 9.13. The van der Waals surface area contributed by atoms with Crippen molar-refractivity contribution in [3.8, 4) is 11.5 Å². The number of rotatable bonds is 7. The lowest BCUT2D eigenvalue weighted by molar-refractivity contribution is -0.134. The van der Waals surface area contributed by atoms with E-state index in [2.05, 4.69) is 5.32 Å². The number of carbonyl (C=O) groups is 1. The number of fused-ring (bicyclic) bond motifs is 1. The minimum absolute atomic E-state index is 0.0213. The molecule has 2 aromatic carbocycles. The number of nitrogens with zero attached hydrogens (tertiary/aromatic N) is 2. The number of ether oxygens (including phenoxy) is 2. The van der Waals surface area contributed by atoms with E-state index in [0.717, 1.165) is 16.7 Å². The first-order valence-corrected chi connectivity index (χ1v) is 13.9. The lowest BCUT2D eigenvalue weighted by Gasteiger charge is -2.43. The van der Waals surface area contributed by atoms with Gasteiger partial charge in [0.05, 0.1) is 10.8 Å². The van der Waals surface area contributed by atoms with Gasteiger partial charge in [-0.05, 0) is 67.1 Å². The van der Waals surface area contributed by atoms with Gasteiger partial charge in [0, 0.05) is 42.3 Å². The quantitative estimate of drug-likeness (QED) is 0.531. The molecule has 192 valence electrons. The second kappa shape index (κ2) is 10.2. The molecule has 8 nitrogen and oxygen atoms in total. The zero-order valence-corrected chi connectivity index (χ0v) is 22.1. The Hall–Kier alpha value is -2.30. The van der Waals surface area contributed by atoms with Crippen molar-refractivity contribution in [2.45, 2.75) is 17.2 Å². The van der Waals surface area contributed by atoms with E-state index in [4.69, 9.17) is 32.7 Å². The molecular weight excluding hydrogens is 525 g/mol. The van der Waals surface area contributed by atoms with Crippen molar-refractivity contribution in [1.82, 2.24) is 14.5 Å². The number of hydrogen-bond donors (Lipinski definition) is 1.